The topological polar surface area (TPSA) is 61.0 Å². The van der Waals surface area contributed by atoms with Crippen LogP contribution in [0.3, 0.4) is 0 Å². The summed E-state index contributed by atoms with van der Waals surface area (Å²) in [6.07, 6.45) is 7.66. The molecule has 100 valence electrons. The van der Waals surface area contributed by atoms with Gasteiger partial charge in [0.1, 0.15) is 11.9 Å². The van der Waals surface area contributed by atoms with Crippen molar-refractivity contribution in [1.29, 1.82) is 0 Å². The molecule has 1 saturated carbocycles. The van der Waals surface area contributed by atoms with Gasteiger partial charge in [0, 0.05) is 18.9 Å². The van der Waals surface area contributed by atoms with Gasteiger partial charge >= 0.3 is 0 Å². The van der Waals surface area contributed by atoms with Crippen LogP contribution in [0.25, 0.3) is 0 Å². The molecule has 18 heavy (non-hydrogen) atoms. The summed E-state index contributed by atoms with van der Waals surface area (Å²) < 4.78 is 5.24. The van der Waals surface area contributed by atoms with E-state index in [1.165, 1.54) is 32.1 Å². The molecule has 1 aromatic rings. The number of methoxy groups -OCH3 is 1. The minimum Gasteiger partial charge on any atom is -0.384 e. The Hall–Kier alpha value is -1.16. The van der Waals surface area contributed by atoms with Crippen LogP contribution in [-0.4, -0.2) is 17.1 Å². The third-order valence-electron chi connectivity index (χ3n) is 3.82. The van der Waals surface area contributed by atoms with Crippen molar-refractivity contribution >= 4 is 5.82 Å². The molecular weight excluding hydrogens is 226 g/mol. The lowest BCUT2D eigenvalue weighted by Crippen LogP contribution is -2.08. The molecule has 1 aliphatic rings. The fraction of sp³-hybridized carbons (Fsp3) is 0.714. The monoisotopic (exact) mass is 249 g/mol. The Bertz CT molecular complexity index is 389. The van der Waals surface area contributed by atoms with Gasteiger partial charge in [-0.05, 0) is 25.7 Å². The van der Waals surface area contributed by atoms with Gasteiger partial charge in [-0.3, -0.25) is 0 Å². The molecule has 0 radical (unpaired) electrons. The van der Waals surface area contributed by atoms with Gasteiger partial charge in [0.15, 0.2) is 5.82 Å². The van der Waals surface area contributed by atoms with Crippen LogP contribution in [0.1, 0.15) is 56.7 Å². The lowest BCUT2D eigenvalue weighted by Gasteiger charge is -2.12. The van der Waals surface area contributed by atoms with Gasteiger partial charge in [0.2, 0.25) is 0 Å². The quantitative estimate of drug-likeness (QED) is 0.871. The van der Waals surface area contributed by atoms with Crippen LogP contribution in [0.5, 0.6) is 0 Å². The number of nitrogens with two attached hydrogens (primary N) is 1. The number of nitrogens with zero attached hydrogens (tertiary/aromatic N) is 2. The summed E-state index contributed by atoms with van der Waals surface area (Å²) in [7, 11) is 1.66. The van der Waals surface area contributed by atoms with Crippen LogP contribution < -0.4 is 5.73 Å². The molecule has 0 saturated heterocycles. The van der Waals surface area contributed by atoms with E-state index in [2.05, 4.69) is 9.97 Å². The third kappa shape index (κ3) is 3.42. The van der Waals surface area contributed by atoms with Crippen molar-refractivity contribution in [2.45, 2.75) is 51.6 Å². The highest BCUT2D eigenvalue weighted by molar-refractivity contribution is 5.30. The van der Waals surface area contributed by atoms with Crippen LogP contribution >= 0.6 is 0 Å². The van der Waals surface area contributed by atoms with Gasteiger partial charge in [0.05, 0.1) is 0 Å². The maximum Gasteiger partial charge on any atom is 0.159 e. The summed E-state index contributed by atoms with van der Waals surface area (Å²) in [6.45, 7) is 1.94. The predicted octanol–water partition coefficient (Wildman–Crippen LogP) is 2.89. The number of nitrogen functional groups attached to an aromatic ring is 1. The van der Waals surface area contributed by atoms with Crippen LogP contribution in [0, 0.1) is 5.92 Å². The van der Waals surface area contributed by atoms with Gasteiger partial charge < -0.3 is 10.5 Å². The Morgan fingerprint density at radius 3 is 2.78 bits per heavy atom. The highest BCUT2D eigenvalue weighted by Gasteiger charge is 2.16. The van der Waals surface area contributed by atoms with Gasteiger partial charge in [-0.15, -0.1) is 0 Å². The second-order valence-electron chi connectivity index (χ2n) is 5.21. The van der Waals surface area contributed by atoms with E-state index in [1.807, 2.05) is 13.0 Å². The van der Waals surface area contributed by atoms with E-state index in [0.717, 1.165) is 18.0 Å². The SMILES string of the molecule is CO[C@@H](C)c1nc(N)cc(CCC2CCCC2)n1. The van der Waals surface area contributed by atoms with E-state index in [4.69, 9.17) is 10.5 Å². The maximum atomic E-state index is 5.83. The molecule has 1 fully saturated rings. The van der Waals surface area contributed by atoms with Gasteiger partial charge in [-0.1, -0.05) is 25.7 Å². The smallest absolute Gasteiger partial charge is 0.159 e. The van der Waals surface area contributed by atoms with Gasteiger partial charge in [-0.2, -0.15) is 0 Å². The van der Waals surface area contributed by atoms with Crippen molar-refractivity contribution in [3.8, 4) is 0 Å². The Balaban J connectivity index is 2.00. The molecule has 0 aliphatic heterocycles. The zero-order valence-electron chi connectivity index (χ0n) is 11.4. The molecule has 4 heteroatoms. The van der Waals surface area contributed by atoms with E-state index >= 15 is 0 Å². The largest absolute Gasteiger partial charge is 0.384 e. The Kier molecular flexibility index (Phi) is 4.53. The summed E-state index contributed by atoms with van der Waals surface area (Å²) >= 11 is 0. The molecule has 1 heterocycles. The van der Waals surface area contributed by atoms with Crippen molar-refractivity contribution in [3.63, 3.8) is 0 Å². The molecule has 0 aromatic carbocycles. The van der Waals surface area contributed by atoms with Crippen LogP contribution in [0.2, 0.25) is 0 Å². The average Bonchev–Trinajstić information content (AvgIpc) is 2.88. The number of aryl methyl sites for hydroxylation is 1. The molecular formula is C14H23N3O. The molecule has 0 bridgehead atoms. The molecule has 4 nitrogen and oxygen atoms in total. The van der Waals surface area contributed by atoms with Gasteiger partial charge in [0.25, 0.3) is 0 Å². The summed E-state index contributed by atoms with van der Waals surface area (Å²) in [6, 6.07) is 1.89. The number of anilines is 1. The van der Waals surface area contributed by atoms with E-state index < -0.39 is 0 Å². The Morgan fingerprint density at radius 1 is 1.39 bits per heavy atom. The first-order chi connectivity index (χ1) is 8.69. The maximum absolute atomic E-state index is 5.83. The van der Waals surface area contributed by atoms with Crippen molar-refractivity contribution in [3.05, 3.63) is 17.6 Å². The first-order valence-electron chi connectivity index (χ1n) is 6.85. The van der Waals surface area contributed by atoms with Gasteiger partial charge in [-0.25, -0.2) is 9.97 Å². The molecule has 1 atom stereocenters. The second kappa shape index (κ2) is 6.14. The fourth-order valence-corrected chi connectivity index (χ4v) is 2.61. The number of hydrogen-bond donors (Lipinski definition) is 1. The zero-order chi connectivity index (χ0) is 13.0. The van der Waals surface area contributed by atoms with Crippen molar-refractivity contribution in [2.24, 2.45) is 5.92 Å². The van der Waals surface area contributed by atoms with Crippen molar-refractivity contribution < 1.29 is 4.74 Å². The Labute approximate surface area is 109 Å². The number of ether oxygens (including phenoxy) is 1. The number of hydrogen-bond acceptors (Lipinski definition) is 4. The van der Waals surface area contributed by atoms with Crippen LogP contribution in [0.4, 0.5) is 5.82 Å². The lowest BCUT2D eigenvalue weighted by atomic mass is 10.0. The normalized spacial score (nSPS) is 18.1. The second-order valence-corrected chi connectivity index (χ2v) is 5.21. The first kappa shape index (κ1) is 13.3. The third-order valence-corrected chi connectivity index (χ3v) is 3.82. The molecule has 0 spiro atoms. The highest BCUT2D eigenvalue weighted by atomic mass is 16.5. The predicted molar refractivity (Wildman–Crippen MR) is 72.1 cm³/mol. The van der Waals surface area contributed by atoms with Crippen LogP contribution in [0.15, 0.2) is 6.07 Å². The van der Waals surface area contributed by atoms with Crippen molar-refractivity contribution in [1.82, 2.24) is 9.97 Å². The Morgan fingerprint density at radius 2 is 2.11 bits per heavy atom. The average molecular weight is 249 g/mol. The number of aromatic nitrogens is 2. The minimum absolute atomic E-state index is 0.0984. The summed E-state index contributed by atoms with van der Waals surface area (Å²) in [5.74, 6) is 2.12. The van der Waals surface area contributed by atoms with E-state index in [0.29, 0.717) is 11.6 Å². The highest BCUT2D eigenvalue weighted by Crippen LogP contribution is 2.28. The standard InChI is InChI=1S/C14H23N3O/c1-10(18-2)14-16-12(9-13(15)17-14)8-7-11-5-3-4-6-11/h9-11H,3-8H2,1-2H3,(H2,15,16,17)/t10-/m0/s1. The van der Waals surface area contributed by atoms with Crippen LogP contribution in [-0.2, 0) is 11.2 Å². The summed E-state index contributed by atoms with van der Waals surface area (Å²) in [5.41, 5.74) is 6.88. The van der Waals surface area contributed by atoms with Crippen molar-refractivity contribution in [2.75, 3.05) is 12.8 Å². The first-order valence-corrected chi connectivity index (χ1v) is 6.85. The molecule has 1 aliphatic carbocycles. The zero-order valence-corrected chi connectivity index (χ0v) is 11.4. The molecule has 0 amide bonds. The minimum atomic E-state index is -0.0984. The lowest BCUT2D eigenvalue weighted by molar-refractivity contribution is 0.112. The van der Waals surface area contributed by atoms with E-state index in [9.17, 15) is 0 Å². The molecule has 1 aromatic heterocycles. The number of rotatable bonds is 5. The molecule has 2 N–H and O–H groups in total. The summed E-state index contributed by atoms with van der Waals surface area (Å²) in [4.78, 5) is 8.78. The fourth-order valence-electron chi connectivity index (χ4n) is 2.61. The molecule has 2 rings (SSSR count). The van der Waals surface area contributed by atoms with E-state index in [-0.39, 0.29) is 6.10 Å². The molecule has 0 unspecified atom stereocenters. The van der Waals surface area contributed by atoms with E-state index in [1.54, 1.807) is 7.11 Å². The summed E-state index contributed by atoms with van der Waals surface area (Å²) in [5, 5.41) is 0.